The van der Waals surface area contributed by atoms with Crippen LogP contribution in [0.1, 0.15) is 18.0 Å². The number of carbonyl (C=O) groups is 1. The molecule has 16 heavy (non-hydrogen) atoms. The van der Waals surface area contributed by atoms with Gasteiger partial charge in [0.05, 0.1) is 11.9 Å². The second kappa shape index (κ2) is 4.28. The molecule has 0 aliphatic carbocycles. The summed E-state index contributed by atoms with van der Waals surface area (Å²) in [5.41, 5.74) is 7.51. The van der Waals surface area contributed by atoms with Crippen LogP contribution in [0.25, 0.3) is 10.9 Å². The van der Waals surface area contributed by atoms with Crippen LogP contribution in [0.4, 0.5) is 0 Å². The van der Waals surface area contributed by atoms with Gasteiger partial charge in [-0.05, 0) is 17.7 Å². The molecule has 0 spiro atoms. The number of hydrogen-bond donors (Lipinski definition) is 2. The monoisotopic (exact) mass is 216 g/mol. The van der Waals surface area contributed by atoms with Gasteiger partial charge in [-0.25, -0.2) is 0 Å². The van der Waals surface area contributed by atoms with Crippen molar-refractivity contribution < 1.29 is 9.90 Å². The SMILES string of the molecule is NC(CC(=O)O)c1ccnc2ccccc12. The normalized spacial score (nSPS) is 12.6. The van der Waals surface area contributed by atoms with Crippen LogP contribution in [0.2, 0.25) is 0 Å². The molecule has 82 valence electrons. The number of nitrogens with zero attached hydrogens (tertiary/aromatic N) is 1. The molecule has 4 nitrogen and oxygen atoms in total. The van der Waals surface area contributed by atoms with E-state index >= 15 is 0 Å². The number of aromatic nitrogens is 1. The van der Waals surface area contributed by atoms with E-state index in [9.17, 15) is 4.79 Å². The zero-order valence-electron chi connectivity index (χ0n) is 8.63. The third kappa shape index (κ3) is 2.01. The molecule has 0 bridgehead atoms. The lowest BCUT2D eigenvalue weighted by atomic mass is 10.0. The Bertz CT molecular complexity index is 520. The standard InChI is InChI=1S/C12H12N2O2/c13-10(7-12(15)16)8-5-6-14-11-4-2-1-3-9(8)11/h1-6,10H,7,13H2,(H,15,16). The summed E-state index contributed by atoms with van der Waals surface area (Å²) in [5, 5.41) is 9.64. The summed E-state index contributed by atoms with van der Waals surface area (Å²) >= 11 is 0. The molecule has 0 saturated heterocycles. The van der Waals surface area contributed by atoms with Crippen molar-refractivity contribution in [2.45, 2.75) is 12.5 Å². The third-order valence-corrected chi connectivity index (χ3v) is 2.48. The molecule has 3 N–H and O–H groups in total. The summed E-state index contributed by atoms with van der Waals surface area (Å²) < 4.78 is 0. The van der Waals surface area contributed by atoms with E-state index < -0.39 is 12.0 Å². The fourth-order valence-corrected chi connectivity index (χ4v) is 1.74. The van der Waals surface area contributed by atoms with Crippen molar-refractivity contribution in [3.05, 3.63) is 42.1 Å². The molecule has 2 rings (SSSR count). The highest BCUT2D eigenvalue weighted by atomic mass is 16.4. The number of pyridine rings is 1. The Hall–Kier alpha value is -1.94. The average molecular weight is 216 g/mol. The van der Waals surface area contributed by atoms with Crippen LogP contribution in [0.3, 0.4) is 0 Å². The molecule has 2 aromatic rings. The summed E-state index contributed by atoms with van der Waals surface area (Å²) in [5.74, 6) is -0.895. The number of fused-ring (bicyclic) bond motifs is 1. The van der Waals surface area contributed by atoms with Crippen LogP contribution in [-0.4, -0.2) is 16.1 Å². The molecule has 0 aliphatic heterocycles. The van der Waals surface area contributed by atoms with E-state index in [1.165, 1.54) is 0 Å². The Labute approximate surface area is 92.7 Å². The van der Waals surface area contributed by atoms with Gasteiger partial charge in [0.15, 0.2) is 0 Å². The predicted molar refractivity (Wildman–Crippen MR) is 60.9 cm³/mol. The number of nitrogens with two attached hydrogens (primary N) is 1. The van der Waals surface area contributed by atoms with Gasteiger partial charge in [-0.1, -0.05) is 18.2 Å². The molecule has 1 aromatic heterocycles. The Kier molecular flexibility index (Phi) is 2.83. The van der Waals surface area contributed by atoms with E-state index in [4.69, 9.17) is 10.8 Å². The lowest BCUT2D eigenvalue weighted by Crippen LogP contribution is -2.15. The van der Waals surface area contributed by atoms with Gasteiger partial charge in [-0.2, -0.15) is 0 Å². The van der Waals surface area contributed by atoms with Crippen LogP contribution < -0.4 is 5.73 Å². The maximum Gasteiger partial charge on any atom is 0.305 e. The zero-order chi connectivity index (χ0) is 11.5. The number of aliphatic carboxylic acids is 1. The van der Waals surface area contributed by atoms with Crippen molar-refractivity contribution in [3.63, 3.8) is 0 Å². The quantitative estimate of drug-likeness (QED) is 0.818. The highest BCUT2D eigenvalue weighted by Gasteiger charge is 2.13. The Balaban J connectivity index is 2.47. The summed E-state index contributed by atoms with van der Waals surface area (Å²) in [4.78, 5) is 14.8. The average Bonchev–Trinajstić information content (AvgIpc) is 2.27. The fraction of sp³-hybridized carbons (Fsp3) is 0.167. The molecule has 0 fully saturated rings. The van der Waals surface area contributed by atoms with E-state index in [-0.39, 0.29) is 6.42 Å². The maximum atomic E-state index is 10.6. The minimum absolute atomic E-state index is 0.0754. The minimum atomic E-state index is -0.895. The largest absolute Gasteiger partial charge is 0.481 e. The fourth-order valence-electron chi connectivity index (χ4n) is 1.74. The zero-order valence-corrected chi connectivity index (χ0v) is 8.63. The van der Waals surface area contributed by atoms with Gasteiger partial charge in [0.1, 0.15) is 0 Å². The minimum Gasteiger partial charge on any atom is -0.481 e. The third-order valence-electron chi connectivity index (χ3n) is 2.48. The first-order chi connectivity index (χ1) is 7.68. The van der Waals surface area contributed by atoms with Crippen LogP contribution in [0, 0.1) is 0 Å². The Morgan fingerprint density at radius 2 is 2.12 bits per heavy atom. The highest BCUT2D eigenvalue weighted by Crippen LogP contribution is 2.22. The summed E-state index contributed by atoms with van der Waals surface area (Å²) in [7, 11) is 0. The van der Waals surface area contributed by atoms with Crippen molar-refractivity contribution in [2.75, 3.05) is 0 Å². The molecule has 1 aromatic carbocycles. The van der Waals surface area contributed by atoms with Crippen molar-refractivity contribution in [2.24, 2.45) is 5.73 Å². The molecular weight excluding hydrogens is 204 g/mol. The Morgan fingerprint density at radius 1 is 1.38 bits per heavy atom. The van der Waals surface area contributed by atoms with Crippen molar-refractivity contribution in [1.82, 2.24) is 4.98 Å². The van der Waals surface area contributed by atoms with Crippen LogP contribution in [0.5, 0.6) is 0 Å². The predicted octanol–water partition coefficient (Wildman–Crippen LogP) is 1.71. The van der Waals surface area contributed by atoms with Crippen LogP contribution >= 0.6 is 0 Å². The molecule has 1 atom stereocenters. The first-order valence-electron chi connectivity index (χ1n) is 4.99. The summed E-state index contributed by atoms with van der Waals surface area (Å²) in [6.07, 6.45) is 1.58. The molecule has 1 heterocycles. The molecule has 0 aliphatic rings. The first kappa shape index (κ1) is 10.6. The van der Waals surface area contributed by atoms with Gasteiger partial charge in [0.25, 0.3) is 0 Å². The molecule has 1 unspecified atom stereocenters. The number of para-hydroxylation sites is 1. The molecule has 0 amide bonds. The van der Waals surface area contributed by atoms with Gasteiger partial charge in [-0.3, -0.25) is 9.78 Å². The molecule has 0 saturated carbocycles. The number of carboxylic acids is 1. The van der Waals surface area contributed by atoms with E-state index in [0.717, 1.165) is 16.5 Å². The van der Waals surface area contributed by atoms with E-state index in [1.54, 1.807) is 12.3 Å². The topological polar surface area (TPSA) is 76.2 Å². The van der Waals surface area contributed by atoms with Crippen molar-refractivity contribution in [3.8, 4) is 0 Å². The number of benzene rings is 1. The number of hydrogen-bond acceptors (Lipinski definition) is 3. The van der Waals surface area contributed by atoms with Gasteiger partial charge in [0, 0.05) is 17.6 Å². The maximum absolute atomic E-state index is 10.6. The van der Waals surface area contributed by atoms with Crippen molar-refractivity contribution >= 4 is 16.9 Å². The molecular formula is C12H12N2O2. The molecule has 4 heteroatoms. The second-order valence-corrected chi connectivity index (χ2v) is 3.62. The summed E-state index contributed by atoms with van der Waals surface area (Å²) in [6.45, 7) is 0. The van der Waals surface area contributed by atoms with E-state index in [1.807, 2.05) is 24.3 Å². The smallest absolute Gasteiger partial charge is 0.305 e. The second-order valence-electron chi connectivity index (χ2n) is 3.62. The van der Waals surface area contributed by atoms with Crippen LogP contribution in [0.15, 0.2) is 36.5 Å². The van der Waals surface area contributed by atoms with Gasteiger partial charge in [0.2, 0.25) is 0 Å². The van der Waals surface area contributed by atoms with Gasteiger partial charge < -0.3 is 10.8 Å². The Morgan fingerprint density at radius 3 is 2.88 bits per heavy atom. The lowest BCUT2D eigenvalue weighted by molar-refractivity contribution is -0.137. The first-order valence-corrected chi connectivity index (χ1v) is 4.99. The summed E-state index contributed by atoms with van der Waals surface area (Å²) in [6, 6.07) is 8.84. The van der Waals surface area contributed by atoms with Gasteiger partial charge >= 0.3 is 5.97 Å². The highest BCUT2D eigenvalue weighted by molar-refractivity contribution is 5.83. The lowest BCUT2D eigenvalue weighted by Gasteiger charge is -2.11. The number of rotatable bonds is 3. The number of carboxylic acid groups (broad SMARTS) is 1. The van der Waals surface area contributed by atoms with E-state index in [2.05, 4.69) is 4.98 Å². The van der Waals surface area contributed by atoms with Gasteiger partial charge in [-0.15, -0.1) is 0 Å². The van der Waals surface area contributed by atoms with E-state index in [0.29, 0.717) is 0 Å². The van der Waals surface area contributed by atoms with Crippen LogP contribution in [-0.2, 0) is 4.79 Å². The van der Waals surface area contributed by atoms with Crippen molar-refractivity contribution in [1.29, 1.82) is 0 Å². The molecule has 0 radical (unpaired) electrons.